The van der Waals surface area contributed by atoms with Crippen molar-refractivity contribution in [3.8, 4) is 22.6 Å². The summed E-state index contributed by atoms with van der Waals surface area (Å²) < 4.78 is 1.03. The van der Waals surface area contributed by atoms with Crippen LogP contribution in [-0.4, -0.2) is 9.97 Å². The summed E-state index contributed by atoms with van der Waals surface area (Å²) in [5.41, 5.74) is 3.99. The van der Waals surface area contributed by atoms with Crippen LogP contribution in [0.5, 0.6) is 0 Å². The molecular formula is C20H13BrN2. The maximum atomic E-state index is 4.86. The molecule has 1 aromatic heterocycles. The van der Waals surface area contributed by atoms with Crippen molar-refractivity contribution in [1.82, 2.24) is 9.97 Å². The highest BCUT2D eigenvalue weighted by Crippen LogP contribution is 2.33. The van der Waals surface area contributed by atoms with Crippen LogP contribution in [0.1, 0.15) is 0 Å². The van der Waals surface area contributed by atoms with Gasteiger partial charge in [-0.2, -0.15) is 0 Å². The van der Waals surface area contributed by atoms with Crippen molar-refractivity contribution in [3.05, 3.63) is 83.3 Å². The smallest absolute Gasteiger partial charge is 0.160 e. The summed E-state index contributed by atoms with van der Waals surface area (Å²) in [4.78, 5) is 9.60. The fraction of sp³-hybridized carbons (Fsp3) is 0. The van der Waals surface area contributed by atoms with Gasteiger partial charge in [-0.3, -0.25) is 0 Å². The van der Waals surface area contributed by atoms with Gasteiger partial charge in [0.25, 0.3) is 0 Å². The third-order valence-electron chi connectivity index (χ3n) is 3.76. The van der Waals surface area contributed by atoms with Gasteiger partial charge >= 0.3 is 0 Å². The lowest BCUT2D eigenvalue weighted by Crippen LogP contribution is -1.95. The zero-order valence-electron chi connectivity index (χ0n) is 12.3. The minimum absolute atomic E-state index is 0.745. The first-order valence-corrected chi connectivity index (χ1v) is 8.19. The number of fused-ring (bicyclic) bond motifs is 1. The van der Waals surface area contributed by atoms with E-state index in [9.17, 15) is 0 Å². The molecule has 2 nitrogen and oxygen atoms in total. The van der Waals surface area contributed by atoms with Gasteiger partial charge in [0.1, 0.15) is 0 Å². The van der Waals surface area contributed by atoms with E-state index in [2.05, 4.69) is 28.1 Å². The normalized spacial score (nSPS) is 10.8. The summed E-state index contributed by atoms with van der Waals surface area (Å²) in [6.45, 7) is 0. The molecule has 0 radical (unpaired) electrons. The van der Waals surface area contributed by atoms with E-state index >= 15 is 0 Å². The third-order valence-corrected chi connectivity index (χ3v) is 4.46. The zero-order chi connectivity index (χ0) is 15.6. The molecule has 3 heteroatoms. The molecule has 4 rings (SSSR count). The Morgan fingerprint density at radius 3 is 2.17 bits per heavy atom. The van der Waals surface area contributed by atoms with E-state index in [-0.39, 0.29) is 0 Å². The van der Waals surface area contributed by atoms with E-state index in [1.54, 1.807) is 0 Å². The fourth-order valence-electron chi connectivity index (χ4n) is 2.65. The lowest BCUT2D eigenvalue weighted by atomic mass is 10.1. The first-order chi connectivity index (χ1) is 11.3. The molecule has 0 aliphatic rings. The maximum absolute atomic E-state index is 4.86. The Labute approximate surface area is 143 Å². The largest absolute Gasteiger partial charge is 0.228 e. The molecule has 3 aromatic carbocycles. The predicted molar refractivity (Wildman–Crippen MR) is 98.1 cm³/mol. The van der Waals surface area contributed by atoms with E-state index in [4.69, 9.17) is 9.97 Å². The minimum atomic E-state index is 0.745. The Balaban J connectivity index is 2.04. The van der Waals surface area contributed by atoms with Crippen molar-refractivity contribution in [3.63, 3.8) is 0 Å². The molecule has 0 aliphatic carbocycles. The van der Waals surface area contributed by atoms with Gasteiger partial charge in [-0.25, -0.2) is 9.97 Å². The molecule has 0 saturated carbocycles. The summed E-state index contributed by atoms with van der Waals surface area (Å²) in [6.07, 6.45) is 0. The topological polar surface area (TPSA) is 25.8 Å². The summed E-state index contributed by atoms with van der Waals surface area (Å²) in [6, 6.07) is 26.4. The first kappa shape index (κ1) is 14.1. The van der Waals surface area contributed by atoms with E-state index in [1.165, 1.54) is 0 Å². The summed E-state index contributed by atoms with van der Waals surface area (Å²) in [5, 5.41) is 1.05. The second-order valence-corrected chi connectivity index (χ2v) is 6.11. The molecule has 0 fully saturated rings. The fourth-order valence-corrected chi connectivity index (χ4v) is 3.12. The highest BCUT2D eigenvalue weighted by atomic mass is 79.9. The number of para-hydroxylation sites is 1. The van der Waals surface area contributed by atoms with Gasteiger partial charge < -0.3 is 0 Å². The summed E-state index contributed by atoms with van der Waals surface area (Å²) in [7, 11) is 0. The molecule has 0 amide bonds. The summed E-state index contributed by atoms with van der Waals surface area (Å²) >= 11 is 3.64. The van der Waals surface area contributed by atoms with Crippen LogP contribution in [0.4, 0.5) is 0 Å². The van der Waals surface area contributed by atoms with Gasteiger partial charge in [0.15, 0.2) is 5.82 Å². The van der Waals surface area contributed by atoms with Gasteiger partial charge in [-0.1, -0.05) is 82.7 Å². The molecular weight excluding hydrogens is 348 g/mol. The number of nitrogens with zero attached hydrogens (tertiary/aromatic N) is 2. The number of hydrogen-bond donors (Lipinski definition) is 0. The van der Waals surface area contributed by atoms with Crippen LogP contribution in [0, 0.1) is 0 Å². The van der Waals surface area contributed by atoms with Crippen LogP contribution < -0.4 is 0 Å². The van der Waals surface area contributed by atoms with Gasteiger partial charge in [0.2, 0.25) is 0 Å². The highest BCUT2D eigenvalue weighted by Gasteiger charge is 2.12. The first-order valence-electron chi connectivity index (χ1n) is 7.40. The van der Waals surface area contributed by atoms with Crippen LogP contribution in [-0.2, 0) is 0 Å². The molecule has 0 bridgehead atoms. The number of aromatic nitrogens is 2. The number of benzene rings is 3. The quantitative estimate of drug-likeness (QED) is 0.456. The van der Waals surface area contributed by atoms with Gasteiger partial charge in [0, 0.05) is 21.0 Å². The van der Waals surface area contributed by atoms with Gasteiger partial charge in [0.05, 0.1) is 11.2 Å². The van der Waals surface area contributed by atoms with E-state index < -0.39 is 0 Å². The van der Waals surface area contributed by atoms with Crippen molar-refractivity contribution in [2.75, 3.05) is 0 Å². The molecule has 0 aliphatic heterocycles. The minimum Gasteiger partial charge on any atom is -0.228 e. The SMILES string of the molecule is Brc1ccccc1-c1nc(-c2ccccc2)nc2ccccc12. The van der Waals surface area contributed by atoms with Gasteiger partial charge in [-0.15, -0.1) is 0 Å². The second kappa shape index (κ2) is 5.94. The monoisotopic (exact) mass is 360 g/mol. The molecule has 0 spiro atoms. The molecule has 110 valence electrons. The predicted octanol–water partition coefficient (Wildman–Crippen LogP) is 5.73. The van der Waals surface area contributed by atoms with Crippen LogP contribution in [0.25, 0.3) is 33.5 Å². The maximum Gasteiger partial charge on any atom is 0.160 e. The molecule has 0 unspecified atom stereocenters. The zero-order valence-corrected chi connectivity index (χ0v) is 13.9. The van der Waals surface area contributed by atoms with Crippen molar-refractivity contribution >= 4 is 26.8 Å². The molecule has 1 heterocycles. The molecule has 4 aromatic rings. The molecule has 0 saturated heterocycles. The Hall–Kier alpha value is -2.52. The molecule has 0 N–H and O–H groups in total. The lowest BCUT2D eigenvalue weighted by Gasteiger charge is -2.10. The van der Waals surface area contributed by atoms with Crippen molar-refractivity contribution in [2.24, 2.45) is 0 Å². The Bertz CT molecular complexity index is 981. The average Bonchev–Trinajstić information content (AvgIpc) is 2.62. The van der Waals surface area contributed by atoms with Crippen LogP contribution in [0.15, 0.2) is 83.3 Å². The van der Waals surface area contributed by atoms with Crippen LogP contribution in [0.2, 0.25) is 0 Å². The van der Waals surface area contributed by atoms with Crippen LogP contribution >= 0.6 is 15.9 Å². The molecule has 0 atom stereocenters. The van der Waals surface area contributed by atoms with Gasteiger partial charge in [-0.05, 0) is 12.1 Å². The van der Waals surface area contributed by atoms with Crippen molar-refractivity contribution < 1.29 is 0 Å². The third kappa shape index (κ3) is 2.64. The second-order valence-electron chi connectivity index (χ2n) is 5.26. The van der Waals surface area contributed by atoms with Crippen molar-refractivity contribution in [2.45, 2.75) is 0 Å². The Morgan fingerprint density at radius 1 is 0.652 bits per heavy atom. The van der Waals surface area contributed by atoms with E-state index in [0.717, 1.165) is 38.0 Å². The number of halogens is 1. The Kier molecular flexibility index (Phi) is 3.64. The van der Waals surface area contributed by atoms with E-state index in [0.29, 0.717) is 0 Å². The summed E-state index contributed by atoms with van der Waals surface area (Å²) in [5.74, 6) is 0.745. The molecule has 23 heavy (non-hydrogen) atoms. The standard InChI is InChI=1S/C20H13BrN2/c21-17-12-6-4-10-15(17)19-16-11-5-7-13-18(16)22-20(23-19)14-8-2-1-3-9-14/h1-13H. The Morgan fingerprint density at radius 2 is 1.35 bits per heavy atom. The number of rotatable bonds is 2. The van der Waals surface area contributed by atoms with Crippen LogP contribution in [0.3, 0.4) is 0 Å². The van der Waals surface area contributed by atoms with E-state index in [1.807, 2.05) is 66.7 Å². The van der Waals surface area contributed by atoms with Crippen molar-refractivity contribution in [1.29, 1.82) is 0 Å². The average molecular weight is 361 g/mol. The highest BCUT2D eigenvalue weighted by molar-refractivity contribution is 9.10. The number of hydrogen-bond acceptors (Lipinski definition) is 2. The lowest BCUT2D eigenvalue weighted by molar-refractivity contribution is 1.23.